The van der Waals surface area contributed by atoms with Gasteiger partial charge in [-0.2, -0.15) is 0 Å². The summed E-state index contributed by atoms with van der Waals surface area (Å²) >= 11 is 1.67. The number of nitrogens with zero attached hydrogens (tertiary/aromatic N) is 1. The topological polar surface area (TPSA) is 33.1 Å². The van der Waals surface area contributed by atoms with Crippen LogP contribution in [0.4, 0.5) is 0 Å². The molecule has 3 heteroatoms. The number of aromatic nitrogens is 1. The normalized spacial score (nSPS) is 12.1. The van der Waals surface area contributed by atoms with E-state index in [0.717, 1.165) is 11.1 Å². The minimum absolute atomic E-state index is 0.606. The summed E-state index contributed by atoms with van der Waals surface area (Å²) in [6.45, 7) is 1.64. The molecule has 2 nitrogen and oxygen atoms in total. The molecule has 0 saturated carbocycles. The lowest BCUT2D eigenvalue weighted by Gasteiger charge is -1.92. The van der Waals surface area contributed by atoms with Crippen molar-refractivity contribution in [2.24, 2.45) is 0 Å². The van der Waals surface area contributed by atoms with Gasteiger partial charge in [0, 0.05) is 16.3 Å². The molecule has 0 aromatic carbocycles. The van der Waals surface area contributed by atoms with Gasteiger partial charge in [-0.05, 0) is 30.4 Å². The molecule has 0 radical (unpaired) electrons. The van der Waals surface area contributed by atoms with E-state index in [0.29, 0.717) is 0 Å². The van der Waals surface area contributed by atoms with Crippen LogP contribution in [0.3, 0.4) is 0 Å². The average Bonchev–Trinajstić information content (AvgIpc) is 2.62. The summed E-state index contributed by atoms with van der Waals surface area (Å²) in [5.41, 5.74) is 0.740. The van der Waals surface area contributed by atoms with Crippen molar-refractivity contribution in [1.82, 2.24) is 4.98 Å². The molecule has 1 atom stereocenters. The van der Waals surface area contributed by atoms with Crippen molar-refractivity contribution in [2.45, 2.75) is 13.0 Å². The van der Waals surface area contributed by atoms with Crippen LogP contribution in [0.25, 0.3) is 10.1 Å². The van der Waals surface area contributed by atoms with Crippen LogP contribution < -0.4 is 0 Å². The highest BCUT2D eigenvalue weighted by atomic mass is 32.1. The fourth-order valence-electron chi connectivity index (χ4n) is 1.17. The van der Waals surface area contributed by atoms with Gasteiger partial charge in [-0.25, -0.2) is 4.98 Å². The zero-order chi connectivity index (χ0) is 9.97. The summed E-state index contributed by atoms with van der Waals surface area (Å²) in [5.74, 6) is 5.56. The van der Waals surface area contributed by atoms with E-state index in [2.05, 4.69) is 16.8 Å². The van der Waals surface area contributed by atoms with E-state index >= 15 is 0 Å². The third-order valence-corrected chi connectivity index (χ3v) is 2.66. The third-order valence-electron chi connectivity index (χ3n) is 1.78. The van der Waals surface area contributed by atoms with Crippen LogP contribution in [0.1, 0.15) is 12.6 Å². The van der Waals surface area contributed by atoms with Crippen molar-refractivity contribution in [3.8, 4) is 11.8 Å². The second kappa shape index (κ2) is 3.79. The Morgan fingerprint density at radius 3 is 3.14 bits per heavy atom. The first-order valence-corrected chi connectivity index (χ1v) is 5.17. The molecule has 2 aromatic rings. The SMILES string of the molecule is C[C@H](O)C#Cc1nccc2sccc12. The fraction of sp³-hybridized carbons (Fsp3) is 0.182. The van der Waals surface area contributed by atoms with Crippen molar-refractivity contribution in [3.63, 3.8) is 0 Å². The first-order chi connectivity index (χ1) is 6.77. The van der Waals surface area contributed by atoms with Crippen LogP contribution in [-0.2, 0) is 0 Å². The number of aliphatic hydroxyl groups is 1. The number of rotatable bonds is 0. The van der Waals surface area contributed by atoms with E-state index in [9.17, 15) is 0 Å². The molecule has 2 aromatic heterocycles. The zero-order valence-corrected chi connectivity index (χ0v) is 8.51. The third kappa shape index (κ3) is 1.77. The van der Waals surface area contributed by atoms with Crippen molar-refractivity contribution < 1.29 is 5.11 Å². The summed E-state index contributed by atoms with van der Waals surface area (Å²) in [6, 6.07) is 3.96. The molecular weight excluding hydrogens is 194 g/mol. The standard InChI is InChI=1S/C11H9NOS/c1-8(13)2-3-10-9-5-7-14-11(9)4-6-12-10/h4-8,13H,1H3/t8-/m0/s1. The highest BCUT2D eigenvalue weighted by Crippen LogP contribution is 2.21. The molecule has 14 heavy (non-hydrogen) atoms. The van der Waals surface area contributed by atoms with E-state index in [4.69, 9.17) is 5.11 Å². The Balaban J connectivity index is 2.53. The van der Waals surface area contributed by atoms with E-state index in [1.807, 2.05) is 17.5 Å². The van der Waals surface area contributed by atoms with Crippen LogP contribution in [0.5, 0.6) is 0 Å². The minimum atomic E-state index is -0.606. The smallest absolute Gasteiger partial charge is 0.121 e. The Labute approximate surface area is 86.2 Å². The van der Waals surface area contributed by atoms with Crippen LogP contribution in [0.2, 0.25) is 0 Å². The Morgan fingerprint density at radius 2 is 2.36 bits per heavy atom. The number of aliphatic hydroxyl groups excluding tert-OH is 1. The van der Waals surface area contributed by atoms with Crippen molar-refractivity contribution in [2.75, 3.05) is 0 Å². The summed E-state index contributed by atoms with van der Waals surface area (Å²) in [7, 11) is 0. The number of hydrogen-bond donors (Lipinski definition) is 1. The molecule has 0 aliphatic heterocycles. The molecule has 0 aliphatic carbocycles. The molecule has 0 amide bonds. The Morgan fingerprint density at radius 1 is 1.50 bits per heavy atom. The van der Waals surface area contributed by atoms with Gasteiger partial charge in [-0.15, -0.1) is 11.3 Å². The number of hydrogen-bond acceptors (Lipinski definition) is 3. The van der Waals surface area contributed by atoms with Gasteiger partial charge >= 0.3 is 0 Å². The van der Waals surface area contributed by atoms with Crippen molar-refractivity contribution in [3.05, 3.63) is 29.4 Å². The van der Waals surface area contributed by atoms with Gasteiger partial charge in [-0.1, -0.05) is 5.92 Å². The second-order valence-corrected chi connectivity index (χ2v) is 3.88. The van der Waals surface area contributed by atoms with Gasteiger partial charge in [0.05, 0.1) is 0 Å². The molecule has 2 rings (SSSR count). The van der Waals surface area contributed by atoms with E-state index in [-0.39, 0.29) is 0 Å². The predicted molar refractivity (Wildman–Crippen MR) is 58.2 cm³/mol. The van der Waals surface area contributed by atoms with Gasteiger partial charge in [0.15, 0.2) is 0 Å². The average molecular weight is 203 g/mol. The Hall–Kier alpha value is -1.37. The quantitative estimate of drug-likeness (QED) is 0.664. The van der Waals surface area contributed by atoms with E-state index < -0.39 is 6.10 Å². The highest BCUT2D eigenvalue weighted by molar-refractivity contribution is 7.17. The van der Waals surface area contributed by atoms with E-state index in [1.54, 1.807) is 24.5 Å². The minimum Gasteiger partial charge on any atom is -0.381 e. The Bertz CT molecular complexity index is 504. The van der Waals surface area contributed by atoms with Gasteiger partial charge in [0.2, 0.25) is 0 Å². The molecular formula is C11H9NOS. The molecule has 0 saturated heterocycles. The number of thiophene rings is 1. The highest BCUT2D eigenvalue weighted by Gasteiger charge is 1.99. The molecule has 1 N–H and O–H groups in total. The second-order valence-electron chi connectivity index (χ2n) is 2.94. The van der Waals surface area contributed by atoms with Crippen LogP contribution in [0.15, 0.2) is 23.7 Å². The molecule has 2 heterocycles. The molecule has 0 bridgehead atoms. The number of fused-ring (bicyclic) bond motifs is 1. The maximum Gasteiger partial charge on any atom is 0.121 e. The monoisotopic (exact) mass is 203 g/mol. The molecule has 0 unspecified atom stereocenters. The summed E-state index contributed by atoms with van der Waals surface area (Å²) in [4.78, 5) is 4.17. The molecule has 70 valence electrons. The summed E-state index contributed by atoms with van der Waals surface area (Å²) in [5, 5.41) is 12.1. The molecule has 0 spiro atoms. The van der Waals surface area contributed by atoms with Crippen molar-refractivity contribution in [1.29, 1.82) is 0 Å². The predicted octanol–water partition coefficient (Wildman–Crippen LogP) is 2.03. The maximum atomic E-state index is 9.04. The van der Waals surface area contributed by atoms with Gasteiger partial charge in [0.1, 0.15) is 11.8 Å². The molecule has 0 fully saturated rings. The first-order valence-electron chi connectivity index (χ1n) is 4.29. The van der Waals surface area contributed by atoms with Crippen LogP contribution >= 0.6 is 11.3 Å². The lowest BCUT2D eigenvalue weighted by atomic mass is 10.2. The summed E-state index contributed by atoms with van der Waals surface area (Å²) in [6.07, 6.45) is 1.14. The summed E-state index contributed by atoms with van der Waals surface area (Å²) < 4.78 is 1.18. The Kier molecular flexibility index (Phi) is 2.49. The fourth-order valence-corrected chi connectivity index (χ4v) is 1.95. The van der Waals surface area contributed by atoms with Crippen molar-refractivity contribution >= 4 is 21.4 Å². The van der Waals surface area contributed by atoms with Crippen LogP contribution in [-0.4, -0.2) is 16.2 Å². The largest absolute Gasteiger partial charge is 0.381 e. The maximum absolute atomic E-state index is 9.04. The lowest BCUT2D eigenvalue weighted by Crippen LogP contribution is -1.93. The van der Waals surface area contributed by atoms with Crippen LogP contribution in [0, 0.1) is 11.8 Å². The van der Waals surface area contributed by atoms with Gasteiger partial charge in [-0.3, -0.25) is 0 Å². The lowest BCUT2D eigenvalue weighted by molar-refractivity contribution is 0.253. The first kappa shape index (κ1) is 9.20. The molecule has 0 aliphatic rings. The van der Waals surface area contributed by atoms with Gasteiger partial charge < -0.3 is 5.11 Å². The number of pyridine rings is 1. The van der Waals surface area contributed by atoms with Gasteiger partial charge in [0.25, 0.3) is 0 Å². The van der Waals surface area contributed by atoms with E-state index in [1.165, 1.54) is 4.70 Å². The zero-order valence-electron chi connectivity index (χ0n) is 7.69.